The first-order valence-electron chi connectivity index (χ1n) is 3.67. The van der Waals surface area contributed by atoms with Crippen molar-refractivity contribution in [3.8, 4) is 5.75 Å². The number of rotatable bonds is 2. The summed E-state index contributed by atoms with van der Waals surface area (Å²) >= 11 is -0.290. The van der Waals surface area contributed by atoms with Gasteiger partial charge in [0.05, 0.1) is 0 Å². The van der Waals surface area contributed by atoms with E-state index in [1.807, 2.05) is 0 Å². The Balaban J connectivity index is 2.78. The van der Waals surface area contributed by atoms with E-state index in [-0.39, 0.29) is 20.6 Å². The van der Waals surface area contributed by atoms with Crippen molar-refractivity contribution >= 4 is 31.7 Å². The van der Waals surface area contributed by atoms with Crippen molar-refractivity contribution in [3.63, 3.8) is 0 Å². The van der Waals surface area contributed by atoms with Crippen LogP contribution in [0.1, 0.15) is 0 Å². The van der Waals surface area contributed by atoms with E-state index in [2.05, 4.69) is 7.96 Å². The van der Waals surface area contributed by atoms with Crippen molar-refractivity contribution in [2.24, 2.45) is 0 Å². The van der Waals surface area contributed by atoms with E-state index < -0.39 is 4.92 Å². The van der Waals surface area contributed by atoms with Crippen molar-refractivity contribution < 1.29 is 9.66 Å². The summed E-state index contributed by atoms with van der Waals surface area (Å²) in [7, 11) is 1.50. The summed E-state index contributed by atoms with van der Waals surface area (Å²) in [5, 5.41) is 10.6. The van der Waals surface area contributed by atoms with Gasteiger partial charge < -0.3 is 0 Å². The SMILES string of the molecule is COc1ccc([N+](=O)[O-])c2n[se]nc12. The molecule has 0 N–H and O–H groups in total. The molecule has 1 aromatic carbocycles. The van der Waals surface area contributed by atoms with E-state index in [0.717, 1.165) is 0 Å². The Labute approximate surface area is 84.9 Å². The van der Waals surface area contributed by atoms with Crippen LogP contribution < -0.4 is 4.74 Å². The molecule has 1 aromatic heterocycles. The summed E-state index contributed by atoms with van der Waals surface area (Å²) in [6.07, 6.45) is 0. The maximum absolute atomic E-state index is 10.6. The molecule has 14 heavy (non-hydrogen) atoms. The number of hydrogen-bond donors (Lipinski definition) is 0. The van der Waals surface area contributed by atoms with Gasteiger partial charge in [-0.2, -0.15) is 0 Å². The molecule has 0 unspecified atom stereocenters. The van der Waals surface area contributed by atoms with Crippen LogP contribution in [0.2, 0.25) is 0 Å². The van der Waals surface area contributed by atoms with E-state index in [0.29, 0.717) is 16.8 Å². The van der Waals surface area contributed by atoms with Gasteiger partial charge in [-0.05, 0) is 0 Å². The molecule has 2 rings (SSSR count). The number of methoxy groups -OCH3 is 1. The standard InChI is InChI=1S/C7H5N3O3Se/c1-13-5-3-2-4(10(11)12)6-7(5)9-14-8-6/h2-3H,1H3. The second-order valence-corrected chi connectivity index (χ2v) is 3.61. The van der Waals surface area contributed by atoms with E-state index in [9.17, 15) is 10.1 Å². The molecule has 0 fully saturated rings. The number of nitro benzene ring substituents is 1. The minimum absolute atomic E-state index is 0.0103. The Hall–Kier alpha value is -1.46. The molecule has 6 nitrogen and oxygen atoms in total. The topological polar surface area (TPSA) is 78.2 Å². The van der Waals surface area contributed by atoms with Crippen LogP contribution in [-0.4, -0.2) is 35.0 Å². The molecule has 0 aliphatic carbocycles. The van der Waals surface area contributed by atoms with Crippen molar-refractivity contribution in [1.82, 2.24) is 7.96 Å². The van der Waals surface area contributed by atoms with Gasteiger partial charge in [0.1, 0.15) is 0 Å². The van der Waals surface area contributed by atoms with E-state index in [1.54, 1.807) is 0 Å². The molecule has 0 bridgehead atoms. The number of benzene rings is 1. The molecule has 72 valence electrons. The number of aromatic nitrogens is 2. The summed E-state index contributed by atoms with van der Waals surface area (Å²) in [5.74, 6) is 0.536. The van der Waals surface area contributed by atoms with Crippen LogP contribution >= 0.6 is 0 Å². The monoisotopic (exact) mass is 259 g/mol. The molecule has 0 saturated carbocycles. The van der Waals surface area contributed by atoms with Crippen LogP contribution in [0.5, 0.6) is 5.75 Å². The van der Waals surface area contributed by atoms with E-state index in [1.165, 1.54) is 19.2 Å². The number of hydrogen-bond acceptors (Lipinski definition) is 5. The second kappa shape index (κ2) is 3.36. The van der Waals surface area contributed by atoms with Crippen LogP contribution in [0.25, 0.3) is 11.0 Å². The van der Waals surface area contributed by atoms with Crippen molar-refractivity contribution in [2.75, 3.05) is 7.11 Å². The van der Waals surface area contributed by atoms with Gasteiger partial charge in [-0.3, -0.25) is 0 Å². The zero-order valence-corrected chi connectivity index (χ0v) is 8.84. The summed E-state index contributed by atoms with van der Waals surface area (Å²) in [6.45, 7) is 0. The van der Waals surface area contributed by atoms with Crippen LogP contribution in [-0.2, 0) is 0 Å². The fourth-order valence-corrected chi connectivity index (χ4v) is 2.32. The predicted octanol–water partition coefficient (Wildman–Crippen LogP) is 0.604. The number of non-ortho nitro benzene ring substituents is 1. The van der Waals surface area contributed by atoms with Crippen LogP contribution in [0.15, 0.2) is 12.1 Å². The van der Waals surface area contributed by atoms with Gasteiger partial charge in [0.25, 0.3) is 0 Å². The minimum atomic E-state index is -0.460. The zero-order chi connectivity index (χ0) is 10.1. The molecule has 2 aromatic rings. The van der Waals surface area contributed by atoms with Crippen LogP contribution in [0.4, 0.5) is 5.69 Å². The number of nitrogens with zero attached hydrogens (tertiary/aromatic N) is 3. The Morgan fingerprint density at radius 1 is 1.43 bits per heavy atom. The molecule has 0 radical (unpaired) electrons. The molecule has 7 heteroatoms. The molecule has 0 atom stereocenters. The number of ether oxygens (including phenoxy) is 1. The Kier molecular flexibility index (Phi) is 2.18. The van der Waals surface area contributed by atoms with Gasteiger partial charge in [0, 0.05) is 0 Å². The number of nitro groups is 1. The van der Waals surface area contributed by atoms with E-state index >= 15 is 0 Å². The molecular formula is C7H5N3O3Se. The van der Waals surface area contributed by atoms with Crippen molar-refractivity contribution in [1.29, 1.82) is 0 Å². The molecule has 0 spiro atoms. The Bertz CT molecular complexity index is 496. The van der Waals surface area contributed by atoms with Gasteiger partial charge >= 0.3 is 84.4 Å². The molecule has 1 heterocycles. The predicted molar refractivity (Wildman–Crippen MR) is 49.7 cm³/mol. The van der Waals surface area contributed by atoms with Gasteiger partial charge in [0.2, 0.25) is 0 Å². The number of fused-ring (bicyclic) bond motifs is 1. The third-order valence-electron chi connectivity index (χ3n) is 1.77. The van der Waals surface area contributed by atoms with Gasteiger partial charge in [-0.15, -0.1) is 0 Å². The maximum atomic E-state index is 10.6. The molecular weight excluding hydrogens is 253 g/mol. The Morgan fingerprint density at radius 3 is 2.79 bits per heavy atom. The first-order chi connectivity index (χ1) is 6.74. The van der Waals surface area contributed by atoms with Gasteiger partial charge in [0.15, 0.2) is 0 Å². The van der Waals surface area contributed by atoms with Gasteiger partial charge in [-0.25, -0.2) is 0 Å². The molecule has 0 amide bonds. The fraction of sp³-hybridized carbons (Fsp3) is 0.143. The quantitative estimate of drug-likeness (QED) is 0.448. The average molecular weight is 258 g/mol. The van der Waals surface area contributed by atoms with E-state index in [4.69, 9.17) is 4.74 Å². The molecule has 0 saturated heterocycles. The third kappa shape index (κ3) is 1.26. The van der Waals surface area contributed by atoms with Crippen molar-refractivity contribution in [3.05, 3.63) is 22.2 Å². The normalized spacial score (nSPS) is 10.4. The summed E-state index contributed by atoms with van der Waals surface area (Å²) in [4.78, 5) is 10.2. The van der Waals surface area contributed by atoms with Crippen molar-refractivity contribution in [2.45, 2.75) is 0 Å². The third-order valence-corrected chi connectivity index (χ3v) is 2.88. The molecule has 0 aliphatic rings. The molecule has 0 aliphatic heterocycles. The fourth-order valence-electron chi connectivity index (χ4n) is 1.14. The summed E-state index contributed by atoms with van der Waals surface area (Å²) < 4.78 is 13.1. The first kappa shape index (κ1) is 9.11. The van der Waals surface area contributed by atoms with Gasteiger partial charge in [-0.1, -0.05) is 0 Å². The second-order valence-electron chi connectivity index (χ2n) is 2.51. The summed E-state index contributed by atoms with van der Waals surface area (Å²) in [5.41, 5.74) is 0.833. The average Bonchev–Trinajstić information content (AvgIpc) is 2.64. The summed E-state index contributed by atoms with van der Waals surface area (Å²) in [6, 6.07) is 2.93. The zero-order valence-electron chi connectivity index (χ0n) is 7.13. The first-order valence-corrected chi connectivity index (χ1v) is 5.21. The van der Waals surface area contributed by atoms with Crippen LogP contribution in [0, 0.1) is 10.1 Å². The Morgan fingerprint density at radius 2 is 2.14 bits per heavy atom. The van der Waals surface area contributed by atoms with Crippen LogP contribution in [0.3, 0.4) is 0 Å².